The van der Waals surface area contributed by atoms with Crippen LogP contribution in [0.25, 0.3) is 21.9 Å². The summed E-state index contributed by atoms with van der Waals surface area (Å²) in [7, 11) is 0. The summed E-state index contributed by atoms with van der Waals surface area (Å²) in [5, 5.41) is 2.20. The summed E-state index contributed by atoms with van der Waals surface area (Å²) in [5.41, 5.74) is 2.54. The molecule has 3 heterocycles. The fraction of sp³-hybridized carbons (Fsp3) is 0.0556. The number of carbonyl (C=O) groups is 1. The number of H-pyrrole nitrogens is 1. The zero-order chi connectivity index (χ0) is 16.5. The van der Waals surface area contributed by atoms with E-state index in [4.69, 9.17) is 16.3 Å². The summed E-state index contributed by atoms with van der Waals surface area (Å²) >= 11 is 6.26. The van der Waals surface area contributed by atoms with Gasteiger partial charge in [-0.05, 0) is 24.3 Å². The quantitative estimate of drug-likeness (QED) is 0.571. The van der Waals surface area contributed by atoms with Crippen molar-refractivity contribution in [2.24, 2.45) is 0 Å². The van der Waals surface area contributed by atoms with Gasteiger partial charge in [0.25, 0.3) is 0 Å². The van der Waals surface area contributed by atoms with Gasteiger partial charge in [-0.2, -0.15) is 0 Å². The first-order chi connectivity index (χ1) is 11.7. The van der Waals surface area contributed by atoms with Crippen LogP contribution in [0.2, 0.25) is 5.02 Å². The number of nitrogens with zero attached hydrogens (tertiary/aromatic N) is 2. The van der Waals surface area contributed by atoms with Crippen molar-refractivity contribution >= 4 is 39.5 Å². The Kier molecular flexibility index (Phi) is 3.63. The van der Waals surface area contributed by atoms with E-state index >= 15 is 0 Å². The van der Waals surface area contributed by atoms with Gasteiger partial charge in [-0.1, -0.05) is 23.7 Å². The van der Waals surface area contributed by atoms with Gasteiger partial charge in [0.2, 0.25) is 0 Å². The molecule has 0 aliphatic heterocycles. The molecule has 0 fully saturated rings. The molecule has 4 rings (SSSR count). The molecule has 1 N–H and O–H groups in total. The summed E-state index contributed by atoms with van der Waals surface area (Å²) in [6.45, 7) is 0.0558. The number of fused-ring (bicyclic) bond motifs is 2. The second kappa shape index (κ2) is 5.94. The average Bonchev–Trinajstić information content (AvgIpc) is 3.09. The van der Waals surface area contributed by atoms with E-state index in [-0.39, 0.29) is 6.61 Å². The molecule has 1 aromatic carbocycles. The van der Waals surface area contributed by atoms with Crippen molar-refractivity contribution in [3.8, 4) is 0 Å². The topological polar surface area (TPSA) is 67.9 Å². The summed E-state index contributed by atoms with van der Waals surface area (Å²) in [5.74, 6) is -0.425. The lowest BCUT2D eigenvalue weighted by Gasteiger charge is -2.09. The number of esters is 1. The number of aromatic nitrogens is 3. The molecule has 5 nitrogen and oxygen atoms in total. The molecule has 24 heavy (non-hydrogen) atoms. The molecule has 6 heteroatoms. The second-order valence-corrected chi connectivity index (χ2v) is 5.68. The fourth-order valence-corrected chi connectivity index (χ4v) is 2.88. The van der Waals surface area contributed by atoms with E-state index in [9.17, 15) is 4.79 Å². The molecule has 0 unspecified atom stereocenters. The maximum Gasteiger partial charge on any atom is 0.339 e. The Labute approximate surface area is 142 Å². The second-order valence-electron chi connectivity index (χ2n) is 5.28. The Morgan fingerprint density at radius 1 is 1.12 bits per heavy atom. The SMILES string of the molecule is O=C(OCc1c(Cl)ccc2cccnc12)c1ccnc2[nH]ccc12. The summed E-state index contributed by atoms with van der Waals surface area (Å²) < 4.78 is 5.48. The molecule has 0 aliphatic carbocycles. The van der Waals surface area contributed by atoms with Crippen molar-refractivity contribution < 1.29 is 9.53 Å². The maximum absolute atomic E-state index is 12.4. The van der Waals surface area contributed by atoms with Crippen LogP contribution in [0.15, 0.2) is 55.0 Å². The number of nitrogens with one attached hydrogen (secondary N) is 1. The number of hydrogen-bond donors (Lipinski definition) is 1. The zero-order valence-electron chi connectivity index (χ0n) is 12.5. The number of halogens is 1. The highest BCUT2D eigenvalue weighted by Gasteiger charge is 2.15. The largest absolute Gasteiger partial charge is 0.457 e. The first-order valence-corrected chi connectivity index (χ1v) is 7.73. The molecule has 0 saturated heterocycles. The Bertz CT molecular complexity index is 1060. The van der Waals surface area contributed by atoms with Gasteiger partial charge >= 0.3 is 5.97 Å². The summed E-state index contributed by atoms with van der Waals surface area (Å²) in [4.78, 5) is 23.9. The molecule has 0 radical (unpaired) electrons. The van der Waals surface area contributed by atoms with Crippen molar-refractivity contribution in [1.29, 1.82) is 0 Å². The predicted octanol–water partition coefficient (Wildman–Crippen LogP) is 4.12. The normalized spacial score (nSPS) is 11.0. The molecule has 118 valence electrons. The van der Waals surface area contributed by atoms with Crippen molar-refractivity contribution in [1.82, 2.24) is 15.0 Å². The van der Waals surface area contributed by atoms with Gasteiger partial charge in [0, 0.05) is 39.9 Å². The number of hydrogen-bond acceptors (Lipinski definition) is 4. The number of rotatable bonds is 3. The highest BCUT2D eigenvalue weighted by atomic mass is 35.5. The van der Waals surface area contributed by atoms with Crippen molar-refractivity contribution in [3.05, 3.63) is 71.1 Å². The van der Waals surface area contributed by atoms with E-state index in [1.807, 2.05) is 18.2 Å². The zero-order valence-corrected chi connectivity index (χ0v) is 13.2. The predicted molar refractivity (Wildman–Crippen MR) is 92.0 cm³/mol. The maximum atomic E-state index is 12.4. The summed E-state index contributed by atoms with van der Waals surface area (Å²) in [6.07, 6.45) is 5.00. The molecular weight excluding hydrogens is 326 g/mol. The van der Waals surface area contributed by atoms with Crippen LogP contribution in [-0.2, 0) is 11.3 Å². The third-order valence-electron chi connectivity index (χ3n) is 3.85. The third-order valence-corrected chi connectivity index (χ3v) is 4.20. The van der Waals surface area contributed by atoms with E-state index in [1.54, 1.807) is 36.8 Å². The molecular formula is C18H12ClN3O2. The van der Waals surface area contributed by atoms with E-state index < -0.39 is 5.97 Å². The van der Waals surface area contributed by atoms with E-state index in [0.29, 0.717) is 21.8 Å². The van der Waals surface area contributed by atoms with Crippen LogP contribution < -0.4 is 0 Å². The Morgan fingerprint density at radius 3 is 2.96 bits per heavy atom. The molecule has 0 bridgehead atoms. The van der Waals surface area contributed by atoms with Crippen LogP contribution in [-0.4, -0.2) is 20.9 Å². The van der Waals surface area contributed by atoms with Crippen LogP contribution in [0.4, 0.5) is 0 Å². The fourth-order valence-electron chi connectivity index (χ4n) is 2.67. The van der Waals surface area contributed by atoms with Gasteiger partial charge < -0.3 is 9.72 Å². The van der Waals surface area contributed by atoms with Crippen LogP contribution in [0, 0.1) is 0 Å². The Balaban J connectivity index is 1.65. The van der Waals surface area contributed by atoms with Gasteiger partial charge in [-0.15, -0.1) is 0 Å². The lowest BCUT2D eigenvalue weighted by Crippen LogP contribution is -2.07. The van der Waals surface area contributed by atoms with Crippen LogP contribution >= 0.6 is 11.6 Å². The molecule has 3 aromatic heterocycles. The lowest BCUT2D eigenvalue weighted by molar-refractivity contribution is 0.0476. The standard InChI is InChI=1S/C18H12ClN3O2/c19-15-4-3-11-2-1-7-20-16(11)14(15)10-24-18(23)13-6-9-22-17-12(13)5-8-21-17/h1-9H,10H2,(H,21,22). The Morgan fingerprint density at radius 2 is 2.04 bits per heavy atom. The van der Waals surface area contributed by atoms with Gasteiger partial charge in [-0.3, -0.25) is 4.98 Å². The number of aromatic amines is 1. The van der Waals surface area contributed by atoms with Gasteiger partial charge in [0.1, 0.15) is 12.3 Å². The minimum Gasteiger partial charge on any atom is -0.457 e. The van der Waals surface area contributed by atoms with Crippen LogP contribution in [0.5, 0.6) is 0 Å². The molecule has 0 saturated carbocycles. The molecule has 0 amide bonds. The third kappa shape index (κ3) is 2.49. The van der Waals surface area contributed by atoms with Crippen molar-refractivity contribution in [2.75, 3.05) is 0 Å². The van der Waals surface area contributed by atoms with Gasteiger partial charge in [0.15, 0.2) is 0 Å². The van der Waals surface area contributed by atoms with Crippen LogP contribution in [0.3, 0.4) is 0 Å². The lowest BCUT2D eigenvalue weighted by atomic mass is 10.1. The van der Waals surface area contributed by atoms with Crippen molar-refractivity contribution in [3.63, 3.8) is 0 Å². The highest BCUT2D eigenvalue weighted by Crippen LogP contribution is 2.26. The highest BCUT2D eigenvalue weighted by molar-refractivity contribution is 6.32. The monoisotopic (exact) mass is 337 g/mol. The molecule has 4 aromatic rings. The molecule has 0 atom stereocenters. The smallest absolute Gasteiger partial charge is 0.339 e. The minimum atomic E-state index is -0.425. The Hall–Kier alpha value is -2.92. The van der Waals surface area contributed by atoms with E-state index in [2.05, 4.69) is 15.0 Å². The number of carbonyl (C=O) groups excluding carboxylic acids is 1. The van der Waals surface area contributed by atoms with Gasteiger partial charge in [-0.25, -0.2) is 9.78 Å². The average molecular weight is 338 g/mol. The van der Waals surface area contributed by atoms with E-state index in [0.717, 1.165) is 16.3 Å². The number of pyridine rings is 2. The van der Waals surface area contributed by atoms with Gasteiger partial charge in [0.05, 0.1) is 11.1 Å². The summed E-state index contributed by atoms with van der Waals surface area (Å²) in [6, 6.07) is 10.9. The van der Waals surface area contributed by atoms with Crippen molar-refractivity contribution in [2.45, 2.75) is 6.61 Å². The first-order valence-electron chi connectivity index (χ1n) is 7.35. The number of ether oxygens (including phenoxy) is 1. The molecule has 0 aliphatic rings. The van der Waals surface area contributed by atoms with E-state index in [1.165, 1.54) is 0 Å². The van der Waals surface area contributed by atoms with Crippen LogP contribution in [0.1, 0.15) is 15.9 Å². The number of benzene rings is 1. The first kappa shape index (κ1) is 14.7. The minimum absolute atomic E-state index is 0.0558. The molecule has 0 spiro atoms.